The number of β-amino-alcohol motifs (C(OH)–C–C–N with tert-alkyl or cyclic N) is 1. The van der Waals surface area contributed by atoms with Crippen molar-refractivity contribution >= 4 is 40.3 Å². The summed E-state index contributed by atoms with van der Waals surface area (Å²) in [5.41, 5.74) is 6.13. The van der Waals surface area contributed by atoms with Crippen molar-refractivity contribution in [1.82, 2.24) is 29.5 Å². The number of rotatable bonds is 9. The molecule has 0 saturated carbocycles. The maximum Gasteiger partial charge on any atom is 0.229 e. The number of fused-ring (bicyclic) bond motifs is 2. The van der Waals surface area contributed by atoms with Crippen LogP contribution in [-0.4, -0.2) is 80.7 Å². The van der Waals surface area contributed by atoms with E-state index in [2.05, 4.69) is 114 Å². The van der Waals surface area contributed by atoms with E-state index in [0.29, 0.717) is 30.3 Å². The van der Waals surface area contributed by atoms with Crippen LogP contribution in [0.25, 0.3) is 27.7 Å². The number of allylic oxidation sites excluding steroid dienone is 1. The first-order valence-electron chi connectivity index (χ1n) is 18.0. The molecule has 0 bridgehead atoms. The largest absolute Gasteiger partial charge is 0.392 e. The van der Waals surface area contributed by atoms with Crippen LogP contribution < -0.4 is 16.0 Å². The molecule has 12 heteroatoms. The highest BCUT2D eigenvalue weighted by Crippen LogP contribution is 2.31. The molecule has 0 spiro atoms. The first-order valence-corrected chi connectivity index (χ1v) is 18.0. The van der Waals surface area contributed by atoms with Gasteiger partial charge in [0.05, 0.1) is 18.0 Å². The van der Waals surface area contributed by atoms with Gasteiger partial charge in [0, 0.05) is 55.6 Å². The van der Waals surface area contributed by atoms with Gasteiger partial charge in [0.2, 0.25) is 11.9 Å². The number of aliphatic hydroxyl groups is 1. The maximum atomic E-state index is 10.9. The summed E-state index contributed by atoms with van der Waals surface area (Å²) < 4.78 is 12.6. The molecule has 0 radical (unpaired) electrons. The Morgan fingerprint density at radius 3 is 2.42 bits per heavy atom. The lowest BCUT2D eigenvalue weighted by atomic mass is 9.96. The number of piperidine rings is 1. The van der Waals surface area contributed by atoms with Gasteiger partial charge in [0.15, 0.2) is 17.8 Å². The number of halogens is 1. The molecule has 280 valence electrons. The van der Waals surface area contributed by atoms with Gasteiger partial charge in [-0.1, -0.05) is 84.9 Å². The molecular formula is C40H56FN9O2. The minimum Gasteiger partial charge on any atom is -0.392 e. The number of aromatic nitrogens is 5. The number of likely N-dealkylation sites (tertiary alicyclic amines) is 1. The monoisotopic (exact) mass is 713 g/mol. The van der Waals surface area contributed by atoms with Crippen LogP contribution in [0.4, 0.5) is 22.0 Å². The van der Waals surface area contributed by atoms with Crippen molar-refractivity contribution in [2.24, 2.45) is 5.92 Å². The summed E-state index contributed by atoms with van der Waals surface area (Å²) in [6.45, 7) is 19.1. The quantitative estimate of drug-likeness (QED) is 0.0881. The minimum atomic E-state index is -0.926. The number of carbonyl (C=O) groups is 1. The molecule has 0 amide bonds. The van der Waals surface area contributed by atoms with Crippen LogP contribution >= 0.6 is 0 Å². The zero-order valence-electron chi connectivity index (χ0n) is 31.9. The molecule has 4 N–H and O–H groups in total. The molecular weight excluding hydrogens is 657 g/mol. The molecule has 2 aromatic carbocycles. The molecule has 2 atom stereocenters. The van der Waals surface area contributed by atoms with Gasteiger partial charge in [-0.3, -0.25) is 9.78 Å². The first kappa shape index (κ1) is 41.5. The van der Waals surface area contributed by atoms with E-state index >= 15 is 0 Å². The van der Waals surface area contributed by atoms with Gasteiger partial charge in [-0.25, -0.2) is 4.39 Å². The van der Waals surface area contributed by atoms with Crippen LogP contribution in [0.1, 0.15) is 71.4 Å². The fraction of sp³-hybridized carbons (Fsp3) is 0.425. The van der Waals surface area contributed by atoms with Crippen molar-refractivity contribution in [3.05, 3.63) is 84.5 Å². The van der Waals surface area contributed by atoms with E-state index in [1.165, 1.54) is 6.42 Å². The Bertz CT molecular complexity index is 1880. The van der Waals surface area contributed by atoms with Crippen LogP contribution in [0.15, 0.2) is 73.3 Å². The number of hydrogen-bond acceptors (Lipinski definition) is 10. The minimum absolute atomic E-state index is 0.0556. The first-order chi connectivity index (χ1) is 25.0. The number of benzene rings is 2. The number of hydrogen-bond donors (Lipinski definition) is 4. The van der Waals surface area contributed by atoms with E-state index in [4.69, 9.17) is 9.78 Å². The van der Waals surface area contributed by atoms with E-state index in [9.17, 15) is 9.50 Å². The van der Waals surface area contributed by atoms with Crippen LogP contribution in [0.5, 0.6) is 0 Å². The molecule has 6 rings (SSSR count). The van der Waals surface area contributed by atoms with Crippen molar-refractivity contribution in [2.45, 2.75) is 73.0 Å². The summed E-state index contributed by atoms with van der Waals surface area (Å²) in [6.07, 6.45) is 6.10. The predicted octanol–water partition coefficient (Wildman–Crippen LogP) is 7.95. The number of likely N-dealkylation sites (N-methyl/N-ethyl adjacent to an activating group) is 1. The molecule has 11 nitrogen and oxygen atoms in total. The number of aldehydes is 1. The van der Waals surface area contributed by atoms with Gasteiger partial charge in [-0.05, 0) is 60.5 Å². The van der Waals surface area contributed by atoms with Crippen molar-refractivity contribution in [1.29, 1.82) is 0 Å². The summed E-state index contributed by atoms with van der Waals surface area (Å²) in [4.78, 5) is 25.3. The van der Waals surface area contributed by atoms with Crippen LogP contribution in [0.3, 0.4) is 0 Å². The van der Waals surface area contributed by atoms with E-state index in [1.54, 1.807) is 4.52 Å². The smallest absolute Gasteiger partial charge is 0.229 e. The van der Waals surface area contributed by atoms with E-state index in [-0.39, 0.29) is 12.4 Å². The second-order valence-corrected chi connectivity index (χ2v) is 13.0. The van der Waals surface area contributed by atoms with Crippen molar-refractivity contribution in [3.63, 3.8) is 0 Å². The van der Waals surface area contributed by atoms with E-state index in [1.807, 2.05) is 44.7 Å². The second-order valence-electron chi connectivity index (χ2n) is 13.0. The highest BCUT2D eigenvalue weighted by atomic mass is 19.1. The highest BCUT2D eigenvalue weighted by Gasteiger charge is 2.22. The van der Waals surface area contributed by atoms with Gasteiger partial charge in [0.1, 0.15) is 0 Å². The number of aliphatic hydroxyl groups excluding tert-OH is 1. The summed E-state index contributed by atoms with van der Waals surface area (Å²) in [5, 5.41) is 26.0. The van der Waals surface area contributed by atoms with Crippen LogP contribution in [0.2, 0.25) is 0 Å². The lowest BCUT2D eigenvalue weighted by molar-refractivity contribution is -0.106. The normalized spacial score (nSPS) is 15.4. The Balaban J connectivity index is 0.000000334. The Labute approximate surface area is 307 Å². The average Bonchev–Trinajstić information content (AvgIpc) is 3.60. The van der Waals surface area contributed by atoms with Gasteiger partial charge in [0.25, 0.3) is 0 Å². The van der Waals surface area contributed by atoms with Crippen molar-refractivity contribution < 1.29 is 14.3 Å². The lowest BCUT2D eigenvalue weighted by Crippen LogP contribution is -2.42. The maximum absolute atomic E-state index is 10.9. The van der Waals surface area contributed by atoms with Crippen LogP contribution in [0, 0.1) is 5.92 Å². The highest BCUT2D eigenvalue weighted by molar-refractivity contribution is 5.96. The molecule has 1 aliphatic rings. The third-order valence-electron chi connectivity index (χ3n) is 8.58. The van der Waals surface area contributed by atoms with Gasteiger partial charge in [-0.15, -0.1) is 0 Å². The number of pyridine rings is 1. The summed E-state index contributed by atoms with van der Waals surface area (Å²) in [5.74, 6) is 1.08. The van der Waals surface area contributed by atoms with E-state index in [0.717, 1.165) is 70.5 Å². The molecule has 3 aromatic heterocycles. The summed E-state index contributed by atoms with van der Waals surface area (Å²) in [7, 11) is 3.75. The van der Waals surface area contributed by atoms with Crippen molar-refractivity contribution in [2.75, 3.05) is 49.7 Å². The number of anilines is 3. The van der Waals surface area contributed by atoms with Gasteiger partial charge >= 0.3 is 0 Å². The molecule has 2 unspecified atom stereocenters. The zero-order chi connectivity index (χ0) is 38.2. The SMILES string of the molecule is C=C(F)C=O.CCC.CCN1CCC(C)C(O)C1.CNc1ccc2c(-c3ccccc3CNc3nc(NC)nc4c(C(C)C)cnn34)nccc2c1. The zero-order valence-corrected chi connectivity index (χ0v) is 31.9. The third-order valence-corrected chi connectivity index (χ3v) is 8.58. The number of nitrogens with zero attached hydrogens (tertiary/aromatic N) is 6. The lowest BCUT2D eigenvalue weighted by Gasteiger charge is -2.33. The summed E-state index contributed by atoms with van der Waals surface area (Å²) in [6, 6.07) is 16.7. The molecule has 5 aromatic rings. The fourth-order valence-corrected chi connectivity index (χ4v) is 5.56. The molecule has 1 aliphatic heterocycles. The predicted molar refractivity (Wildman–Crippen MR) is 213 cm³/mol. The summed E-state index contributed by atoms with van der Waals surface area (Å²) >= 11 is 0. The Hall–Kier alpha value is -4.94. The fourth-order valence-electron chi connectivity index (χ4n) is 5.56. The number of carbonyl (C=O) groups excluding carboxylic acids is 1. The van der Waals surface area contributed by atoms with Gasteiger partial charge < -0.3 is 26.0 Å². The Kier molecular flexibility index (Phi) is 16.6. The van der Waals surface area contributed by atoms with Gasteiger partial charge in [-0.2, -0.15) is 19.6 Å². The molecule has 0 aliphatic carbocycles. The van der Waals surface area contributed by atoms with Crippen LogP contribution in [-0.2, 0) is 11.3 Å². The second kappa shape index (κ2) is 20.8. The van der Waals surface area contributed by atoms with Crippen molar-refractivity contribution in [3.8, 4) is 11.3 Å². The standard InChI is InChI=1S/C26H28N8.C8H17NO.C3H3FO.C3H8/c1-16(2)22-15-31-34-24(22)32-25(28-4)33-26(34)30-14-18-7-5-6-8-20(18)23-21-10-9-19(27-3)13-17(21)11-12-29-23;1-3-9-5-4-7(2)8(10)6-9;1-3(4)2-5;1-3-2/h5-13,15-16,27H,14H2,1-4H3,(H2,28,30,32,33);7-8,10H,3-6H2,1-2H3;2H,1H2;3H2,1-2H3. The molecule has 4 heterocycles. The topological polar surface area (TPSA) is 133 Å². The average molecular weight is 714 g/mol. The van der Waals surface area contributed by atoms with E-state index < -0.39 is 5.83 Å². The third kappa shape index (κ3) is 11.3. The molecule has 1 saturated heterocycles. The Morgan fingerprint density at radius 2 is 1.81 bits per heavy atom. The molecule has 52 heavy (non-hydrogen) atoms. The Morgan fingerprint density at radius 1 is 1.10 bits per heavy atom. The number of nitrogens with one attached hydrogen (secondary N) is 3. The molecule has 1 fully saturated rings.